The number of rotatable bonds is 83. The van der Waals surface area contributed by atoms with Crippen LogP contribution in [0.2, 0.25) is 0 Å². The van der Waals surface area contributed by atoms with E-state index < -0.39 is 124 Å². The summed E-state index contributed by atoms with van der Waals surface area (Å²) in [7, 11) is 0. The van der Waals surface area contributed by atoms with E-state index in [1.165, 1.54) is 392 Å². The fourth-order valence-electron chi connectivity index (χ4n) is 17.3. The number of carbonyl (C=O) groups is 1. The summed E-state index contributed by atoms with van der Waals surface area (Å²) >= 11 is 0. The lowest BCUT2D eigenvalue weighted by molar-refractivity contribution is -0.379. The molecule has 0 aromatic rings. The molecule has 17 atom stereocenters. The molecule has 0 saturated carbocycles. The molecule has 0 radical (unpaired) electrons. The van der Waals surface area contributed by atoms with Gasteiger partial charge >= 0.3 is 0 Å². The highest BCUT2D eigenvalue weighted by Gasteiger charge is 2.54. The first-order chi connectivity index (χ1) is 56.3. The van der Waals surface area contributed by atoms with Gasteiger partial charge in [0.2, 0.25) is 5.91 Å². The molecule has 19 heteroatoms. The van der Waals surface area contributed by atoms with Gasteiger partial charge in [-0.2, -0.15) is 0 Å². The number of unbranched alkanes of at least 4 members (excludes halogenated alkanes) is 67. The zero-order valence-electron chi connectivity index (χ0n) is 74.1. The largest absolute Gasteiger partial charge is 0.394 e. The first-order valence-electron chi connectivity index (χ1n) is 49.4. The van der Waals surface area contributed by atoms with E-state index in [0.717, 1.165) is 44.9 Å². The second kappa shape index (κ2) is 76.2. The third kappa shape index (κ3) is 54.0. The Balaban J connectivity index is 1.27. The molecule has 3 aliphatic rings. The normalized spacial score (nSPS) is 24.5. The number of hydrogen-bond acceptors (Lipinski definition) is 18. The van der Waals surface area contributed by atoms with Crippen molar-refractivity contribution in [1.29, 1.82) is 0 Å². The zero-order chi connectivity index (χ0) is 83.1. The van der Waals surface area contributed by atoms with E-state index >= 15 is 0 Å². The molecular formula is C96H185NO18. The van der Waals surface area contributed by atoms with Gasteiger partial charge in [0.15, 0.2) is 18.9 Å². The van der Waals surface area contributed by atoms with Gasteiger partial charge in [0.1, 0.15) is 73.2 Å². The van der Waals surface area contributed by atoms with Crippen molar-refractivity contribution >= 4 is 5.91 Å². The molecule has 3 fully saturated rings. The minimum absolute atomic E-state index is 0.251. The van der Waals surface area contributed by atoms with E-state index in [1.54, 1.807) is 6.08 Å². The zero-order valence-corrected chi connectivity index (χ0v) is 74.1. The second-order valence-electron chi connectivity index (χ2n) is 35.6. The summed E-state index contributed by atoms with van der Waals surface area (Å²) in [6.07, 6.45) is 69.8. The van der Waals surface area contributed by atoms with E-state index in [1.807, 2.05) is 6.08 Å². The molecule has 115 heavy (non-hydrogen) atoms. The molecule has 19 nitrogen and oxygen atoms in total. The fraction of sp³-hybridized carbons (Fsp3) is 0.969. The molecule has 3 rings (SSSR count). The van der Waals surface area contributed by atoms with Crippen LogP contribution in [0.4, 0.5) is 0 Å². The lowest BCUT2D eigenvalue weighted by Crippen LogP contribution is -2.66. The number of allylic oxidation sites excluding steroid dienone is 1. The van der Waals surface area contributed by atoms with Crippen molar-refractivity contribution in [3.63, 3.8) is 0 Å². The van der Waals surface area contributed by atoms with Gasteiger partial charge in [-0.15, -0.1) is 0 Å². The molecule has 1 amide bonds. The van der Waals surface area contributed by atoms with Crippen molar-refractivity contribution in [3.05, 3.63) is 12.2 Å². The topological polar surface area (TPSA) is 307 Å². The van der Waals surface area contributed by atoms with Crippen molar-refractivity contribution in [2.75, 3.05) is 26.4 Å². The van der Waals surface area contributed by atoms with E-state index in [2.05, 4.69) is 19.2 Å². The number of amides is 1. The molecule has 3 heterocycles. The number of nitrogens with one attached hydrogen (secondary N) is 1. The standard InChI is InChI=1S/C96H185NO18/c1-3-5-7-9-11-13-15-17-19-21-23-25-27-29-31-33-34-35-36-37-38-39-40-41-42-43-44-46-48-50-52-54-56-58-60-62-64-66-68-70-72-74-84(102)97-79(80(101)73-71-69-67-65-63-61-59-57-55-53-51-49-47-45-32-30-28-26-24-22-20-18-16-14-12-10-8-6-4-2)78-110-94-90(108)87(105)92(82(76-99)112-94)115-96-91(109)88(106)93(83(77-100)113-96)114-95-89(107)86(104)85(103)81(75-98)111-95/h71,73,79-83,85-96,98-101,103-109H,3-70,72,74-78H2,1-2H3,(H,97,102)/b73-71+. The number of aliphatic hydroxyl groups excluding tert-OH is 11. The second-order valence-corrected chi connectivity index (χ2v) is 35.6. The summed E-state index contributed by atoms with van der Waals surface area (Å²) < 4.78 is 34.6. The summed E-state index contributed by atoms with van der Waals surface area (Å²) in [5, 5.41) is 121. The predicted molar refractivity (Wildman–Crippen MR) is 467 cm³/mol. The van der Waals surface area contributed by atoms with Gasteiger partial charge in [0.25, 0.3) is 0 Å². The third-order valence-corrected chi connectivity index (χ3v) is 25.1. The van der Waals surface area contributed by atoms with Gasteiger partial charge < -0.3 is 89.9 Å². The Bertz CT molecular complexity index is 2110. The number of ether oxygens (including phenoxy) is 6. The van der Waals surface area contributed by atoms with Crippen molar-refractivity contribution in [1.82, 2.24) is 5.32 Å². The highest BCUT2D eigenvalue weighted by molar-refractivity contribution is 5.76. The maximum Gasteiger partial charge on any atom is 0.220 e. The molecule has 0 spiro atoms. The van der Waals surface area contributed by atoms with Gasteiger partial charge in [-0.3, -0.25) is 4.79 Å². The third-order valence-electron chi connectivity index (χ3n) is 25.1. The number of carbonyl (C=O) groups excluding carboxylic acids is 1. The van der Waals surface area contributed by atoms with Gasteiger partial charge in [-0.1, -0.05) is 450 Å². The number of aliphatic hydroxyl groups is 11. The Kier molecular flexibility index (Phi) is 71.4. The van der Waals surface area contributed by atoms with Crippen LogP contribution in [0.5, 0.6) is 0 Å². The molecule has 0 aromatic carbocycles. The summed E-state index contributed by atoms with van der Waals surface area (Å²) in [4.78, 5) is 13.5. The molecule has 3 saturated heterocycles. The van der Waals surface area contributed by atoms with Crippen LogP contribution in [0.25, 0.3) is 0 Å². The monoisotopic (exact) mass is 1640 g/mol. The lowest BCUT2D eigenvalue weighted by atomic mass is 9.96. The maximum absolute atomic E-state index is 13.5. The predicted octanol–water partition coefficient (Wildman–Crippen LogP) is 20.2. The Morgan fingerprint density at radius 3 is 0.817 bits per heavy atom. The van der Waals surface area contributed by atoms with E-state index in [0.29, 0.717) is 6.42 Å². The smallest absolute Gasteiger partial charge is 0.220 e. The van der Waals surface area contributed by atoms with Crippen LogP contribution in [-0.4, -0.2) is 193 Å². The van der Waals surface area contributed by atoms with Gasteiger partial charge in [-0.05, 0) is 19.3 Å². The maximum atomic E-state index is 13.5. The lowest BCUT2D eigenvalue weighted by Gasteiger charge is -2.48. The fourth-order valence-corrected chi connectivity index (χ4v) is 17.3. The average molecular weight is 1640 g/mol. The van der Waals surface area contributed by atoms with Crippen molar-refractivity contribution in [2.45, 2.75) is 568 Å². The minimum atomic E-state index is -1.98. The Labute approximate surface area is 703 Å². The molecular weight excluding hydrogens is 1460 g/mol. The first kappa shape index (κ1) is 108. The van der Waals surface area contributed by atoms with Gasteiger partial charge in [0, 0.05) is 6.42 Å². The summed E-state index contributed by atoms with van der Waals surface area (Å²) in [6, 6.07) is -0.972. The molecule has 3 aliphatic heterocycles. The Hall–Kier alpha value is -1.47. The quantitative estimate of drug-likeness (QED) is 0.0199. The first-order valence-corrected chi connectivity index (χ1v) is 49.4. The molecule has 682 valence electrons. The Morgan fingerprint density at radius 2 is 0.539 bits per heavy atom. The summed E-state index contributed by atoms with van der Waals surface area (Å²) in [5.74, 6) is -0.263. The van der Waals surface area contributed by atoms with Crippen molar-refractivity contribution in [3.8, 4) is 0 Å². The van der Waals surface area contributed by atoms with Crippen LogP contribution in [0.15, 0.2) is 12.2 Å². The SMILES string of the molecule is CCCCCCCCCCCCCCCCCCCCCCCCCCCCC/C=C/C(O)C(COC1OC(CO)C(OC2OC(CO)C(OC3OC(CO)C(O)C(O)C3O)C(O)C2O)C(O)C1O)NC(=O)CCCCCCCCCCCCCCCCCCCCCCCCCCCCCCCCCCCCCCCCCCC. The minimum Gasteiger partial charge on any atom is -0.394 e. The summed E-state index contributed by atoms with van der Waals surface area (Å²) in [5.41, 5.74) is 0. The van der Waals surface area contributed by atoms with E-state index in [9.17, 15) is 61.0 Å². The number of hydrogen-bond donors (Lipinski definition) is 12. The van der Waals surface area contributed by atoms with Crippen molar-refractivity contribution < 1.29 is 89.4 Å². The molecule has 0 aromatic heterocycles. The van der Waals surface area contributed by atoms with Gasteiger partial charge in [0.05, 0.1) is 38.6 Å². The van der Waals surface area contributed by atoms with Crippen LogP contribution in [0, 0.1) is 0 Å². The van der Waals surface area contributed by atoms with Crippen molar-refractivity contribution in [2.24, 2.45) is 0 Å². The highest BCUT2D eigenvalue weighted by Crippen LogP contribution is 2.34. The highest BCUT2D eigenvalue weighted by atomic mass is 16.8. The van der Waals surface area contributed by atoms with Crippen LogP contribution in [0.1, 0.15) is 463 Å². The summed E-state index contributed by atoms with van der Waals surface area (Å²) in [6.45, 7) is 1.83. The Morgan fingerprint density at radius 1 is 0.304 bits per heavy atom. The average Bonchev–Trinajstić information content (AvgIpc) is 0.781. The molecule has 17 unspecified atom stereocenters. The van der Waals surface area contributed by atoms with Gasteiger partial charge in [-0.25, -0.2) is 0 Å². The van der Waals surface area contributed by atoms with E-state index in [4.69, 9.17) is 28.4 Å². The van der Waals surface area contributed by atoms with Crippen LogP contribution >= 0.6 is 0 Å². The molecule has 0 bridgehead atoms. The molecule has 0 aliphatic carbocycles. The van der Waals surface area contributed by atoms with Crippen LogP contribution < -0.4 is 5.32 Å². The molecule has 12 N–H and O–H groups in total. The van der Waals surface area contributed by atoms with E-state index in [-0.39, 0.29) is 18.9 Å². The van der Waals surface area contributed by atoms with Crippen LogP contribution in [-0.2, 0) is 33.2 Å². The van der Waals surface area contributed by atoms with Crippen LogP contribution in [0.3, 0.4) is 0 Å².